The summed E-state index contributed by atoms with van der Waals surface area (Å²) in [4.78, 5) is 24.2. The zero-order chi connectivity index (χ0) is 15.8. The van der Waals surface area contributed by atoms with Crippen LogP contribution in [-0.4, -0.2) is 66.9 Å². The monoisotopic (exact) mass is 310 g/mol. The Morgan fingerprint density at radius 2 is 2.10 bits per heavy atom. The summed E-state index contributed by atoms with van der Waals surface area (Å²) in [6, 6.07) is -0.618. The predicted molar refractivity (Wildman–Crippen MR) is 64.5 cm³/mol. The number of aliphatic carboxylic acids is 1. The van der Waals surface area contributed by atoms with Crippen LogP contribution in [0.3, 0.4) is 0 Å². The molecule has 0 aromatic heterocycles. The lowest BCUT2D eigenvalue weighted by Gasteiger charge is -2.28. The highest BCUT2D eigenvalue weighted by molar-refractivity contribution is 5.85. The molecule has 1 amide bonds. The molecule has 0 aromatic carbocycles. The number of hydrogen-bond acceptors (Lipinski definition) is 4. The topological polar surface area (TPSA) is 78.9 Å². The van der Waals surface area contributed by atoms with Crippen LogP contribution in [0, 0.1) is 5.41 Å². The second kappa shape index (κ2) is 5.45. The summed E-state index contributed by atoms with van der Waals surface area (Å²) in [5.74, 6) is -2.43. The van der Waals surface area contributed by atoms with E-state index >= 15 is 0 Å². The van der Waals surface area contributed by atoms with Crippen molar-refractivity contribution in [3.05, 3.63) is 0 Å². The Morgan fingerprint density at radius 1 is 1.43 bits per heavy atom. The highest BCUT2D eigenvalue weighted by Gasteiger charge is 2.64. The van der Waals surface area contributed by atoms with Gasteiger partial charge in [-0.25, -0.2) is 0 Å². The molecule has 9 heteroatoms. The van der Waals surface area contributed by atoms with Gasteiger partial charge in [-0.2, -0.15) is 13.2 Å². The Morgan fingerprint density at radius 3 is 2.52 bits per heavy atom. The Labute approximate surface area is 119 Å². The van der Waals surface area contributed by atoms with Gasteiger partial charge in [0.05, 0.1) is 12.1 Å². The Bertz CT molecular complexity index is 443. The number of nitrogens with one attached hydrogen (secondary N) is 1. The third-order valence-corrected chi connectivity index (χ3v) is 4.25. The van der Waals surface area contributed by atoms with Crippen molar-refractivity contribution in [2.24, 2.45) is 5.41 Å². The van der Waals surface area contributed by atoms with Gasteiger partial charge in [-0.05, 0) is 12.8 Å². The maximum atomic E-state index is 13.0. The summed E-state index contributed by atoms with van der Waals surface area (Å²) < 4.78 is 44.2. The number of carbonyl (C=O) groups excluding carboxylic acids is 1. The number of amides is 1. The van der Waals surface area contributed by atoms with Gasteiger partial charge in [0.25, 0.3) is 0 Å². The zero-order valence-corrected chi connectivity index (χ0v) is 11.4. The Kier molecular flexibility index (Phi) is 4.16. The first kappa shape index (κ1) is 16.0. The maximum absolute atomic E-state index is 13.0. The quantitative estimate of drug-likeness (QED) is 0.780. The van der Waals surface area contributed by atoms with E-state index in [1.165, 1.54) is 7.11 Å². The second-order valence-electron chi connectivity index (χ2n) is 5.45. The molecule has 2 rings (SSSR count). The number of ether oxygens (including phenoxy) is 1. The first-order valence-corrected chi connectivity index (χ1v) is 6.56. The standard InChI is InChI=1S/C12H17F3N2O4/c1-21-7-4-8(16-5-7)9(18)17-3-2-11(6-17,10(19)20)12(13,14)15/h7-8,16H,2-6H2,1H3,(H,19,20). The van der Waals surface area contributed by atoms with Crippen LogP contribution in [-0.2, 0) is 14.3 Å². The van der Waals surface area contributed by atoms with Gasteiger partial charge in [0.2, 0.25) is 5.91 Å². The SMILES string of the molecule is COC1CNC(C(=O)N2CCC(C(=O)O)(C(F)(F)F)C2)C1. The number of likely N-dealkylation sites (tertiary alicyclic amines) is 1. The van der Waals surface area contributed by atoms with Crippen molar-refractivity contribution in [1.29, 1.82) is 0 Å². The van der Waals surface area contributed by atoms with Gasteiger partial charge in [-0.15, -0.1) is 0 Å². The molecule has 0 radical (unpaired) electrons. The van der Waals surface area contributed by atoms with Crippen LogP contribution in [0.2, 0.25) is 0 Å². The van der Waals surface area contributed by atoms with Crippen LogP contribution in [0.25, 0.3) is 0 Å². The average molecular weight is 310 g/mol. The van der Waals surface area contributed by atoms with Gasteiger partial charge < -0.3 is 20.1 Å². The molecule has 0 spiro atoms. The number of carbonyl (C=O) groups is 2. The third-order valence-electron chi connectivity index (χ3n) is 4.25. The Hall–Kier alpha value is -1.35. The van der Waals surface area contributed by atoms with Crippen molar-refractivity contribution in [2.45, 2.75) is 31.2 Å². The lowest BCUT2D eigenvalue weighted by atomic mass is 9.86. The van der Waals surface area contributed by atoms with Crippen molar-refractivity contribution in [3.63, 3.8) is 0 Å². The number of carboxylic acid groups (broad SMARTS) is 1. The van der Waals surface area contributed by atoms with E-state index in [2.05, 4.69) is 5.32 Å². The van der Waals surface area contributed by atoms with Gasteiger partial charge in [-0.1, -0.05) is 0 Å². The lowest BCUT2D eigenvalue weighted by Crippen LogP contribution is -2.49. The van der Waals surface area contributed by atoms with Gasteiger partial charge in [0.1, 0.15) is 0 Å². The molecule has 2 aliphatic rings. The normalized spacial score (nSPS) is 33.4. The van der Waals surface area contributed by atoms with E-state index in [4.69, 9.17) is 9.84 Å². The summed E-state index contributed by atoms with van der Waals surface area (Å²) in [5.41, 5.74) is -2.86. The second-order valence-corrected chi connectivity index (χ2v) is 5.45. The largest absolute Gasteiger partial charge is 0.481 e. The first-order valence-electron chi connectivity index (χ1n) is 6.56. The molecule has 2 N–H and O–H groups in total. The maximum Gasteiger partial charge on any atom is 0.406 e. The van der Waals surface area contributed by atoms with Crippen LogP contribution >= 0.6 is 0 Å². The van der Waals surface area contributed by atoms with Gasteiger partial charge in [0, 0.05) is 26.7 Å². The molecule has 3 unspecified atom stereocenters. The molecular formula is C12H17F3N2O4. The number of carboxylic acids is 1. The first-order chi connectivity index (χ1) is 9.71. The van der Waals surface area contributed by atoms with Crippen LogP contribution in [0.4, 0.5) is 13.2 Å². The highest BCUT2D eigenvalue weighted by Crippen LogP contribution is 2.45. The minimum absolute atomic E-state index is 0.159. The predicted octanol–water partition coefficient (Wildman–Crippen LogP) is 0.229. The van der Waals surface area contributed by atoms with Crippen LogP contribution in [0.5, 0.6) is 0 Å². The number of alkyl halides is 3. The fraction of sp³-hybridized carbons (Fsp3) is 0.833. The molecule has 120 valence electrons. The summed E-state index contributed by atoms with van der Waals surface area (Å²) >= 11 is 0. The van der Waals surface area contributed by atoms with E-state index in [1.807, 2.05) is 0 Å². The molecule has 0 aromatic rings. The molecule has 2 saturated heterocycles. The lowest BCUT2D eigenvalue weighted by molar-refractivity contribution is -0.227. The fourth-order valence-electron chi connectivity index (χ4n) is 2.82. The van der Waals surface area contributed by atoms with Crippen LogP contribution < -0.4 is 5.32 Å². The van der Waals surface area contributed by atoms with Crippen LogP contribution in [0.1, 0.15) is 12.8 Å². The minimum Gasteiger partial charge on any atom is -0.481 e. The van der Waals surface area contributed by atoms with Gasteiger partial charge in [-0.3, -0.25) is 9.59 Å². The molecule has 2 heterocycles. The van der Waals surface area contributed by atoms with E-state index < -0.39 is 42.5 Å². The summed E-state index contributed by atoms with van der Waals surface area (Å²) in [7, 11) is 1.49. The molecule has 0 aliphatic carbocycles. The summed E-state index contributed by atoms with van der Waals surface area (Å²) in [6.45, 7) is -0.592. The molecule has 3 atom stereocenters. The number of halogens is 3. The van der Waals surface area contributed by atoms with Crippen molar-refractivity contribution in [1.82, 2.24) is 10.2 Å². The number of rotatable bonds is 3. The zero-order valence-electron chi connectivity index (χ0n) is 11.4. The van der Waals surface area contributed by atoms with Gasteiger partial charge in [0.15, 0.2) is 5.41 Å². The van der Waals surface area contributed by atoms with Crippen molar-refractivity contribution >= 4 is 11.9 Å². The summed E-state index contributed by atoms with van der Waals surface area (Å²) in [5, 5.41) is 11.8. The molecule has 6 nitrogen and oxygen atoms in total. The molecular weight excluding hydrogens is 293 g/mol. The molecule has 0 saturated carbocycles. The minimum atomic E-state index is -4.88. The molecule has 2 aliphatic heterocycles. The van der Waals surface area contributed by atoms with Gasteiger partial charge >= 0.3 is 12.1 Å². The van der Waals surface area contributed by atoms with Crippen LogP contribution in [0.15, 0.2) is 0 Å². The fourth-order valence-corrected chi connectivity index (χ4v) is 2.82. The van der Waals surface area contributed by atoms with E-state index in [-0.39, 0.29) is 12.6 Å². The van der Waals surface area contributed by atoms with Crippen molar-refractivity contribution in [3.8, 4) is 0 Å². The summed E-state index contributed by atoms with van der Waals surface area (Å²) in [6.07, 6.45) is -5.28. The van der Waals surface area contributed by atoms with E-state index in [9.17, 15) is 22.8 Å². The Balaban J connectivity index is 2.08. The number of hydrogen-bond donors (Lipinski definition) is 2. The van der Waals surface area contributed by atoms with Crippen molar-refractivity contribution < 1.29 is 32.6 Å². The number of methoxy groups -OCH3 is 1. The smallest absolute Gasteiger partial charge is 0.406 e. The van der Waals surface area contributed by atoms with E-state index in [1.54, 1.807) is 0 Å². The average Bonchev–Trinajstić information content (AvgIpc) is 3.04. The van der Waals surface area contributed by atoms with Crippen molar-refractivity contribution in [2.75, 3.05) is 26.7 Å². The number of nitrogens with zero attached hydrogens (tertiary/aromatic N) is 1. The highest BCUT2D eigenvalue weighted by atomic mass is 19.4. The van der Waals surface area contributed by atoms with E-state index in [0.717, 1.165) is 4.90 Å². The molecule has 2 fully saturated rings. The molecule has 21 heavy (non-hydrogen) atoms. The van der Waals surface area contributed by atoms with E-state index in [0.29, 0.717) is 13.0 Å². The third kappa shape index (κ3) is 2.71. The molecule has 0 bridgehead atoms.